The highest BCUT2D eigenvalue weighted by atomic mass is 16.7. The van der Waals surface area contributed by atoms with Crippen LogP contribution in [0.5, 0.6) is 0 Å². The zero-order valence-corrected chi connectivity index (χ0v) is 9.62. The summed E-state index contributed by atoms with van der Waals surface area (Å²) in [4.78, 5) is 0. The SMILES string of the molecule is Cc1ccc([C@@]2(C)OCC[C@@H](C)O2)cc1. The minimum Gasteiger partial charge on any atom is -0.346 e. The average molecular weight is 206 g/mol. The smallest absolute Gasteiger partial charge is 0.192 e. The van der Waals surface area contributed by atoms with Gasteiger partial charge in [0.2, 0.25) is 0 Å². The summed E-state index contributed by atoms with van der Waals surface area (Å²) >= 11 is 0. The molecular weight excluding hydrogens is 188 g/mol. The monoisotopic (exact) mass is 206 g/mol. The van der Waals surface area contributed by atoms with E-state index in [2.05, 4.69) is 38.1 Å². The Morgan fingerprint density at radius 2 is 1.93 bits per heavy atom. The summed E-state index contributed by atoms with van der Waals surface area (Å²) in [6, 6.07) is 8.33. The molecule has 1 aliphatic heterocycles. The van der Waals surface area contributed by atoms with Crippen molar-refractivity contribution in [1.29, 1.82) is 0 Å². The van der Waals surface area contributed by atoms with Gasteiger partial charge in [0, 0.05) is 5.56 Å². The van der Waals surface area contributed by atoms with Crippen molar-refractivity contribution in [3.8, 4) is 0 Å². The third-order valence-corrected chi connectivity index (χ3v) is 2.90. The summed E-state index contributed by atoms with van der Waals surface area (Å²) in [7, 11) is 0. The van der Waals surface area contributed by atoms with E-state index in [1.165, 1.54) is 5.56 Å². The fourth-order valence-corrected chi connectivity index (χ4v) is 1.90. The van der Waals surface area contributed by atoms with Gasteiger partial charge in [0.15, 0.2) is 5.79 Å². The van der Waals surface area contributed by atoms with Crippen LogP contribution >= 0.6 is 0 Å². The zero-order valence-electron chi connectivity index (χ0n) is 9.62. The van der Waals surface area contributed by atoms with Crippen molar-refractivity contribution in [2.24, 2.45) is 0 Å². The fourth-order valence-electron chi connectivity index (χ4n) is 1.90. The van der Waals surface area contributed by atoms with E-state index < -0.39 is 5.79 Å². The number of hydrogen-bond donors (Lipinski definition) is 0. The summed E-state index contributed by atoms with van der Waals surface area (Å²) < 4.78 is 11.6. The molecule has 1 aromatic carbocycles. The van der Waals surface area contributed by atoms with Crippen molar-refractivity contribution in [2.75, 3.05) is 6.61 Å². The maximum atomic E-state index is 5.88. The van der Waals surface area contributed by atoms with E-state index in [1.54, 1.807) is 0 Å². The van der Waals surface area contributed by atoms with Crippen molar-refractivity contribution >= 4 is 0 Å². The second kappa shape index (κ2) is 3.95. The quantitative estimate of drug-likeness (QED) is 0.703. The number of benzene rings is 1. The van der Waals surface area contributed by atoms with E-state index in [0.717, 1.165) is 18.6 Å². The van der Waals surface area contributed by atoms with Gasteiger partial charge in [-0.2, -0.15) is 0 Å². The second-order valence-electron chi connectivity index (χ2n) is 4.38. The van der Waals surface area contributed by atoms with Gasteiger partial charge in [-0.25, -0.2) is 0 Å². The summed E-state index contributed by atoms with van der Waals surface area (Å²) in [6.07, 6.45) is 1.24. The maximum absolute atomic E-state index is 5.88. The molecule has 0 aliphatic carbocycles. The molecule has 0 amide bonds. The lowest BCUT2D eigenvalue weighted by molar-refractivity contribution is -0.288. The van der Waals surface area contributed by atoms with Crippen LogP contribution in [0, 0.1) is 6.92 Å². The molecule has 0 radical (unpaired) electrons. The first-order chi connectivity index (χ1) is 7.10. The van der Waals surface area contributed by atoms with Gasteiger partial charge >= 0.3 is 0 Å². The summed E-state index contributed by atoms with van der Waals surface area (Å²) in [5.74, 6) is -0.564. The highest BCUT2D eigenvalue weighted by Gasteiger charge is 2.33. The summed E-state index contributed by atoms with van der Waals surface area (Å²) in [5, 5.41) is 0. The molecule has 0 aromatic heterocycles. The predicted octanol–water partition coefficient (Wildman–Crippen LogP) is 2.99. The molecule has 1 aromatic rings. The molecule has 2 rings (SSSR count). The van der Waals surface area contributed by atoms with Crippen LogP contribution in [0.25, 0.3) is 0 Å². The number of ether oxygens (including phenoxy) is 2. The van der Waals surface area contributed by atoms with E-state index in [9.17, 15) is 0 Å². The van der Waals surface area contributed by atoms with Crippen molar-refractivity contribution in [3.05, 3.63) is 35.4 Å². The van der Waals surface area contributed by atoms with E-state index in [0.29, 0.717) is 0 Å². The lowest BCUT2D eigenvalue weighted by Crippen LogP contribution is -2.38. The Kier molecular flexibility index (Phi) is 2.81. The second-order valence-corrected chi connectivity index (χ2v) is 4.38. The van der Waals surface area contributed by atoms with Crippen molar-refractivity contribution < 1.29 is 9.47 Å². The standard InChI is InChI=1S/C13H18O2/c1-10-4-6-12(7-5-10)13(3)14-9-8-11(2)15-13/h4-7,11H,8-9H2,1-3H3/t11-,13+/m1/s1. The topological polar surface area (TPSA) is 18.5 Å². The van der Waals surface area contributed by atoms with Crippen molar-refractivity contribution in [3.63, 3.8) is 0 Å². The third-order valence-electron chi connectivity index (χ3n) is 2.90. The van der Waals surface area contributed by atoms with Crippen LogP contribution < -0.4 is 0 Å². The van der Waals surface area contributed by atoms with Crippen LogP contribution in [0.4, 0.5) is 0 Å². The van der Waals surface area contributed by atoms with Gasteiger partial charge in [-0.05, 0) is 27.2 Å². The first-order valence-corrected chi connectivity index (χ1v) is 5.49. The van der Waals surface area contributed by atoms with Crippen LogP contribution in [-0.2, 0) is 15.3 Å². The van der Waals surface area contributed by atoms with Gasteiger partial charge in [0.05, 0.1) is 12.7 Å². The third kappa shape index (κ3) is 2.21. The summed E-state index contributed by atoms with van der Waals surface area (Å²) in [6.45, 7) is 6.94. The van der Waals surface area contributed by atoms with Gasteiger partial charge in [-0.15, -0.1) is 0 Å². The Hall–Kier alpha value is -0.860. The number of aryl methyl sites for hydroxylation is 1. The molecule has 0 bridgehead atoms. The molecule has 1 saturated heterocycles. The normalized spacial score (nSPS) is 31.5. The molecule has 0 spiro atoms. The minimum atomic E-state index is -0.564. The Morgan fingerprint density at radius 1 is 1.27 bits per heavy atom. The van der Waals surface area contributed by atoms with Gasteiger partial charge < -0.3 is 9.47 Å². The van der Waals surface area contributed by atoms with Gasteiger partial charge in [-0.3, -0.25) is 0 Å². The number of hydrogen-bond acceptors (Lipinski definition) is 2. The Labute approximate surface area is 91.2 Å². The number of rotatable bonds is 1. The van der Waals surface area contributed by atoms with Crippen LogP contribution in [0.2, 0.25) is 0 Å². The lowest BCUT2D eigenvalue weighted by Gasteiger charge is -2.37. The molecule has 82 valence electrons. The van der Waals surface area contributed by atoms with Crippen LogP contribution in [0.1, 0.15) is 31.4 Å². The molecule has 1 aliphatic rings. The molecule has 0 unspecified atom stereocenters. The van der Waals surface area contributed by atoms with Crippen LogP contribution in [-0.4, -0.2) is 12.7 Å². The lowest BCUT2D eigenvalue weighted by atomic mass is 10.0. The highest BCUT2D eigenvalue weighted by molar-refractivity contribution is 5.24. The zero-order chi connectivity index (χ0) is 10.9. The van der Waals surface area contributed by atoms with E-state index in [1.807, 2.05) is 6.92 Å². The van der Waals surface area contributed by atoms with Gasteiger partial charge in [0.25, 0.3) is 0 Å². The minimum absolute atomic E-state index is 0.269. The van der Waals surface area contributed by atoms with E-state index >= 15 is 0 Å². The molecule has 1 fully saturated rings. The molecule has 0 N–H and O–H groups in total. The molecule has 1 heterocycles. The van der Waals surface area contributed by atoms with Crippen LogP contribution in [0.3, 0.4) is 0 Å². The van der Waals surface area contributed by atoms with E-state index in [4.69, 9.17) is 9.47 Å². The fraction of sp³-hybridized carbons (Fsp3) is 0.538. The average Bonchev–Trinajstić information content (AvgIpc) is 2.18. The Balaban J connectivity index is 2.24. The van der Waals surface area contributed by atoms with Gasteiger partial charge in [0.1, 0.15) is 0 Å². The first kappa shape index (κ1) is 10.7. The molecule has 2 atom stereocenters. The van der Waals surface area contributed by atoms with E-state index in [-0.39, 0.29) is 6.10 Å². The molecule has 15 heavy (non-hydrogen) atoms. The maximum Gasteiger partial charge on any atom is 0.192 e. The van der Waals surface area contributed by atoms with Gasteiger partial charge in [-0.1, -0.05) is 29.8 Å². The Morgan fingerprint density at radius 3 is 2.53 bits per heavy atom. The molecule has 0 saturated carbocycles. The molecule has 2 heteroatoms. The summed E-state index contributed by atoms with van der Waals surface area (Å²) in [5.41, 5.74) is 2.35. The molecule has 2 nitrogen and oxygen atoms in total. The highest BCUT2D eigenvalue weighted by Crippen LogP contribution is 2.32. The predicted molar refractivity (Wildman–Crippen MR) is 59.6 cm³/mol. The van der Waals surface area contributed by atoms with Crippen molar-refractivity contribution in [2.45, 2.75) is 39.1 Å². The van der Waals surface area contributed by atoms with Crippen molar-refractivity contribution in [1.82, 2.24) is 0 Å². The first-order valence-electron chi connectivity index (χ1n) is 5.49. The Bertz CT molecular complexity index is 331. The molecular formula is C13H18O2. The largest absolute Gasteiger partial charge is 0.346 e. The van der Waals surface area contributed by atoms with Crippen LogP contribution in [0.15, 0.2) is 24.3 Å².